The summed E-state index contributed by atoms with van der Waals surface area (Å²) < 4.78 is -0.739. The van der Waals surface area contributed by atoms with Gasteiger partial charge in [0.2, 0.25) is 0 Å². The van der Waals surface area contributed by atoms with E-state index in [2.05, 4.69) is 30.6 Å². The van der Waals surface area contributed by atoms with Crippen molar-refractivity contribution in [3.8, 4) is 0 Å². The lowest BCUT2D eigenvalue weighted by atomic mass is 10.2. The normalized spacial score (nSPS) is 12.5. The average Bonchev–Trinajstić information content (AvgIpc) is 2.44. The molecule has 0 aromatic rings. The number of hydrogen-bond acceptors (Lipinski definition) is 8. The van der Waals surface area contributed by atoms with Gasteiger partial charge in [0.25, 0.3) is 0 Å². The summed E-state index contributed by atoms with van der Waals surface area (Å²) in [5, 5.41) is 11.8. The Hall–Kier alpha value is -1.42. The number of carbonyl (C=O) groups excluding carboxylic acids is 2. The summed E-state index contributed by atoms with van der Waals surface area (Å²) in [7, 11) is 5.94. The zero-order valence-corrected chi connectivity index (χ0v) is 15.1. The highest BCUT2D eigenvalue weighted by molar-refractivity contribution is 8.78. The van der Waals surface area contributed by atoms with Gasteiger partial charge in [-0.25, -0.2) is 9.59 Å². The quantitative estimate of drug-likeness (QED) is 0.317. The first-order valence-electron chi connectivity index (χ1n) is 6.35. The molecule has 0 fully saturated rings. The maximum absolute atomic E-state index is 10.9. The largest absolute Gasteiger partial charge is 0.433 e. The fourth-order valence-corrected chi connectivity index (χ4v) is 2.90. The van der Waals surface area contributed by atoms with Gasteiger partial charge >= 0.3 is 12.2 Å². The van der Waals surface area contributed by atoms with Crippen LogP contribution < -0.4 is 10.6 Å². The van der Waals surface area contributed by atoms with Crippen LogP contribution in [0, 0.1) is 0 Å². The van der Waals surface area contributed by atoms with Crippen molar-refractivity contribution in [1.82, 2.24) is 10.6 Å². The molecule has 0 unspecified atom stereocenters. The van der Waals surface area contributed by atoms with E-state index in [9.17, 15) is 9.59 Å². The van der Waals surface area contributed by atoms with Gasteiger partial charge in [-0.3, -0.25) is 9.68 Å². The average molecular weight is 350 g/mol. The van der Waals surface area contributed by atoms with Crippen LogP contribution in [0.4, 0.5) is 9.59 Å². The van der Waals surface area contributed by atoms with Crippen molar-refractivity contribution in [3.63, 3.8) is 0 Å². The van der Waals surface area contributed by atoms with Crippen LogP contribution in [0.3, 0.4) is 0 Å². The first-order chi connectivity index (χ1) is 10.1. The number of oxime groups is 2. The smallest absolute Gasteiger partial charge is 0.323 e. The van der Waals surface area contributed by atoms with E-state index in [1.54, 1.807) is 0 Å². The van der Waals surface area contributed by atoms with E-state index in [1.165, 1.54) is 48.1 Å². The van der Waals surface area contributed by atoms with Crippen molar-refractivity contribution in [2.24, 2.45) is 10.3 Å². The lowest BCUT2D eigenvalue weighted by molar-refractivity contribution is 0.152. The Balaban J connectivity index is 4.37. The third-order valence-corrected chi connectivity index (χ3v) is 5.86. The second kappa shape index (κ2) is 9.57. The number of nitrogens with one attached hydrogen (secondary N) is 2. The lowest BCUT2D eigenvalue weighted by Gasteiger charge is -2.23. The Morgan fingerprint density at radius 2 is 1.18 bits per heavy atom. The molecule has 0 bridgehead atoms. The molecule has 0 saturated carbocycles. The highest BCUT2D eigenvalue weighted by Crippen LogP contribution is 2.42. The third-order valence-electron chi connectivity index (χ3n) is 1.88. The van der Waals surface area contributed by atoms with Crippen LogP contribution in [0.5, 0.6) is 0 Å². The van der Waals surface area contributed by atoms with Gasteiger partial charge in [0.1, 0.15) is 0 Å². The van der Waals surface area contributed by atoms with E-state index in [0.717, 1.165) is 0 Å². The standard InChI is InChI=1S/C12H22N4O4S2/c1-11(2,7-15-19-9(17)13-5)21-22-12(3,4)8-16-20-10(18)14-6/h7-8H,1-6H3,(H,13,17)(H,14,18)/b15-7+,16-8+. The molecule has 0 spiro atoms. The highest BCUT2D eigenvalue weighted by atomic mass is 33.1. The Morgan fingerprint density at radius 3 is 1.45 bits per heavy atom. The third kappa shape index (κ3) is 10.3. The molecule has 0 radical (unpaired) electrons. The van der Waals surface area contributed by atoms with Gasteiger partial charge in [-0.05, 0) is 27.7 Å². The molecule has 0 aliphatic heterocycles. The summed E-state index contributed by atoms with van der Waals surface area (Å²) in [6.45, 7) is 7.70. The molecule has 0 atom stereocenters. The summed E-state index contributed by atoms with van der Waals surface area (Å²) in [5.74, 6) is 0. The Bertz CT molecular complexity index is 399. The van der Waals surface area contributed by atoms with Crippen LogP contribution in [-0.2, 0) is 9.68 Å². The van der Waals surface area contributed by atoms with Crippen LogP contribution >= 0.6 is 21.6 Å². The molecule has 0 aliphatic rings. The van der Waals surface area contributed by atoms with E-state index >= 15 is 0 Å². The molecule has 2 amide bonds. The molecule has 8 nitrogen and oxygen atoms in total. The minimum Gasteiger partial charge on any atom is -0.323 e. The molecule has 10 heteroatoms. The maximum atomic E-state index is 10.9. The van der Waals surface area contributed by atoms with Crippen LogP contribution in [0.25, 0.3) is 0 Å². The van der Waals surface area contributed by atoms with Crippen LogP contribution in [0.15, 0.2) is 10.3 Å². The predicted octanol–water partition coefficient (Wildman–Crippen LogP) is 2.61. The van der Waals surface area contributed by atoms with Gasteiger partial charge < -0.3 is 10.6 Å². The summed E-state index contributed by atoms with van der Waals surface area (Å²) in [5.41, 5.74) is 0. The molecule has 0 heterocycles. The molecular formula is C12H22N4O4S2. The van der Waals surface area contributed by atoms with Crippen molar-refractivity contribution >= 4 is 46.2 Å². The summed E-state index contributed by atoms with van der Waals surface area (Å²) in [6, 6.07) is 0. The molecule has 0 aromatic carbocycles. The second-order valence-electron chi connectivity index (χ2n) is 5.10. The first kappa shape index (κ1) is 20.6. The number of hydrogen-bond donors (Lipinski definition) is 2. The maximum Gasteiger partial charge on any atom is 0.433 e. The summed E-state index contributed by atoms with van der Waals surface area (Å²) in [4.78, 5) is 30.9. The first-order valence-corrected chi connectivity index (χ1v) is 8.50. The minimum absolute atomic E-state index is 0.370. The van der Waals surface area contributed by atoms with Gasteiger partial charge in [0.15, 0.2) is 0 Å². The van der Waals surface area contributed by atoms with Crippen molar-refractivity contribution in [2.75, 3.05) is 14.1 Å². The number of carbonyl (C=O) groups is 2. The zero-order valence-electron chi connectivity index (χ0n) is 13.5. The minimum atomic E-state index is -0.622. The molecule has 0 aromatic heterocycles. The monoisotopic (exact) mass is 350 g/mol. The molecule has 22 heavy (non-hydrogen) atoms. The second-order valence-corrected chi connectivity index (χ2v) is 8.54. The topological polar surface area (TPSA) is 101 Å². The van der Waals surface area contributed by atoms with Gasteiger partial charge in [-0.1, -0.05) is 31.9 Å². The fraction of sp³-hybridized carbons (Fsp3) is 0.667. The van der Waals surface area contributed by atoms with Gasteiger partial charge in [-0.15, -0.1) is 0 Å². The summed E-state index contributed by atoms with van der Waals surface area (Å²) >= 11 is 0. The molecule has 0 saturated heterocycles. The SMILES string of the molecule is CNC(=O)O/N=C/C(C)(C)SSC(C)(C)/C=N/OC(=O)NC. The zero-order chi connectivity index (χ0) is 17.2. The summed E-state index contributed by atoms with van der Waals surface area (Å²) in [6.07, 6.45) is 1.83. The fourth-order valence-electron chi connectivity index (χ4n) is 0.751. The van der Waals surface area contributed by atoms with Gasteiger partial charge in [0.05, 0.1) is 21.9 Å². The molecule has 0 aliphatic carbocycles. The van der Waals surface area contributed by atoms with E-state index in [-0.39, 0.29) is 9.49 Å². The number of nitrogens with zero attached hydrogens (tertiary/aromatic N) is 2. The van der Waals surface area contributed by atoms with Crippen molar-refractivity contribution in [3.05, 3.63) is 0 Å². The van der Waals surface area contributed by atoms with Crippen LogP contribution in [0.2, 0.25) is 0 Å². The molecule has 2 N–H and O–H groups in total. The highest BCUT2D eigenvalue weighted by Gasteiger charge is 2.24. The molecule has 0 rings (SSSR count). The Kier molecular flexibility index (Phi) is 8.95. The number of rotatable bonds is 7. The number of amides is 2. The van der Waals surface area contributed by atoms with E-state index < -0.39 is 12.2 Å². The van der Waals surface area contributed by atoms with Crippen LogP contribution in [0.1, 0.15) is 27.7 Å². The van der Waals surface area contributed by atoms with Crippen molar-refractivity contribution in [1.29, 1.82) is 0 Å². The Morgan fingerprint density at radius 1 is 0.864 bits per heavy atom. The Labute approximate surface area is 138 Å². The molecular weight excluding hydrogens is 328 g/mol. The van der Waals surface area contributed by atoms with E-state index in [1.807, 2.05) is 27.7 Å². The lowest BCUT2D eigenvalue weighted by Crippen LogP contribution is -2.22. The van der Waals surface area contributed by atoms with Gasteiger partial charge in [-0.2, -0.15) is 0 Å². The van der Waals surface area contributed by atoms with Crippen molar-refractivity contribution < 1.29 is 19.3 Å². The van der Waals surface area contributed by atoms with Gasteiger partial charge in [0, 0.05) is 14.1 Å². The van der Waals surface area contributed by atoms with Crippen LogP contribution in [-0.4, -0.2) is 48.2 Å². The molecule has 126 valence electrons. The van der Waals surface area contributed by atoms with Crippen molar-refractivity contribution in [2.45, 2.75) is 37.2 Å². The van der Waals surface area contributed by atoms with E-state index in [4.69, 9.17) is 0 Å². The van der Waals surface area contributed by atoms with E-state index in [0.29, 0.717) is 0 Å². The predicted molar refractivity (Wildman–Crippen MR) is 91.4 cm³/mol.